The fourth-order valence-corrected chi connectivity index (χ4v) is 6.55. The molecule has 2 aliphatic carbocycles. The quantitative estimate of drug-likeness (QED) is 0.218. The molecule has 2 aliphatic rings. The summed E-state index contributed by atoms with van der Waals surface area (Å²) < 4.78 is 0. The molecule has 0 saturated heterocycles. The Bertz CT molecular complexity index is 1660. The van der Waals surface area contributed by atoms with E-state index >= 15 is 0 Å². The lowest BCUT2D eigenvalue weighted by molar-refractivity contribution is 0.660. The molecular formula is C38H36. The molecule has 0 N–H and O–H groups in total. The summed E-state index contributed by atoms with van der Waals surface area (Å²) in [7, 11) is 0. The average molecular weight is 493 g/mol. The summed E-state index contributed by atoms with van der Waals surface area (Å²) in [5, 5.41) is 0. The van der Waals surface area contributed by atoms with Gasteiger partial charge in [-0.1, -0.05) is 148 Å². The Kier molecular flexibility index (Phi) is 5.69. The lowest BCUT2D eigenvalue weighted by Crippen LogP contribution is -2.14. The first kappa shape index (κ1) is 24.4. The van der Waals surface area contributed by atoms with Crippen molar-refractivity contribution >= 4 is 0 Å². The molecule has 0 fully saturated rings. The van der Waals surface area contributed by atoms with E-state index in [0.717, 1.165) is 0 Å². The smallest absolute Gasteiger partial charge is 0.0159 e. The van der Waals surface area contributed by atoms with Crippen LogP contribution in [-0.2, 0) is 10.8 Å². The normalized spacial score (nSPS) is 15.0. The second kappa shape index (κ2) is 8.84. The van der Waals surface area contributed by atoms with Gasteiger partial charge >= 0.3 is 0 Å². The van der Waals surface area contributed by atoms with E-state index in [1.54, 1.807) is 0 Å². The van der Waals surface area contributed by atoms with Gasteiger partial charge in [-0.25, -0.2) is 0 Å². The lowest BCUT2D eigenvalue weighted by Gasteiger charge is -2.21. The van der Waals surface area contributed by atoms with Gasteiger partial charge in [0.1, 0.15) is 0 Å². The van der Waals surface area contributed by atoms with Gasteiger partial charge < -0.3 is 0 Å². The van der Waals surface area contributed by atoms with Crippen LogP contribution in [0.5, 0.6) is 0 Å². The van der Waals surface area contributed by atoms with Crippen molar-refractivity contribution in [3.63, 3.8) is 0 Å². The molecule has 0 aromatic heterocycles. The summed E-state index contributed by atoms with van der Waals surface area (Å²) >= 11 is 0. The van der Waals surface area contributed by atoms with Crippen LogP contribution in [0.2, 0.25) is 0 Å². The van der Waals surface area contributed by atoms with Crippen LogP contribution < -0.4 is 0 Å². The van der Waals surface area contributed by atoms with E-state index < -0.39 is 0 Å². The molecule has 0 radical (unpaired) electrons. The van der Waals surface area contributed by atoms with Crippen LogP contribution in [-0.4, -0.2) is 0 Å². The molecule has 38 heavy (non-hydrogen) atoms. The van der Waals surface area contributed by atoms with Gasteiger partial charge in [0, 0.05) is 10.8 Å². The molecule has 0 saturated carbocycles. The minimum Gasteiger partial charge on any atom is -0.0619 e. The fourth-order valence-electron chi connectivity index (χ4n) is 6.55. The van der Waals surface area contributed by atoms with Crippen molar-refractivity contribution in [2.45, 2.75) is 52.4 Å². The molecule has 5 aromatic carbocycles. The number of benzene rings is 5. The summed E-state index contributed by atoms with van der Waals surface area (Å²) in [5.41, 5.74) is 16.9. The molecule has 0 aliphatic heterocycles. The Morgan fingerprint density at radius 2 is 0.895 bits per heavy atom. The number of aryl methyl sites for hydroxylation is 2. The van der Waals surface area contributed by atoms with Crippen molar-refractivity contribution in [1.29, 1.82) is 0 Å². The molecule has 0 amide bonds. The van der Waals surface area contributed by atoms with Gasteiger partial charge in [0.2, 0.25) is 0 Å². The van der Waals surface area contributed by atoms with E-state index in [0.29, 0.717) is 0 Å². The minimum absolute atomic E-state index is 0.0760. The third-order valence-corrected chi connectivity index (χ3v) is 8.71. The van der Waals surface area contributed by atoms with Gasteiger partial charge in [-0.2, -0.15) is 0 Å². The van der Waals surface area contributed by atoms with Gasteiger partial charge in [-0.15, -0.1) is 0 Å². The first-order chi connectivity index (χ1) is 18.2. The van der Waals surface area contributed by atoms with Crippen molar-refractivity contribution < 1.29 is 0 Å². The van der Waals surface area contributed by atoms with E-state index in [1.165, 1.54) is 66.8 Å². The Morgan fingerprint density at radius 1 is 0.395 bits per heavy atom. The van der Waals surface area contributed by atoms with Crippen molar-refractivity contribution in [1.82, 2.24) is 0 Å². The topological polar surface area (TPSA) is 0 Å². The Morgan fingerprint density at radius 3 is 1.61 bits per heavy atom. The van der Waals surface area contributed by atoms with Crippen molar-refractivity contribution in [3.05, 3.63) is 143 Å². The highest BCUT2D eigenvalue weighted by atomic mass is 14.4. The second-order valence-electron chi connectivity index (χ2n) is 12.0. The molecule has 5 aromatic rings. The second-order valence-corrected chi connectivity index (χ2v) is 12.0. The van der Waals surface area contributed by atoms with Crippen LogP contribution in [0.4, 0.5) is 0 Å². The highest BCUT2D eigenvalue weighted by Gasteiger charge is 2.36. The van der Waals surface area contributed by atoms with E-state index in [9.17, 15) is 0 Å². The standard InChI is InChI=1S/C22H20.C16H16/c1-15-11-13-16(14-12-15)17-8-6-10-20-21(17)18-7-4-5-9-19(18)22(20,2)3;1-11-8-9-13-12-6-4-5-7-14(12)16(2,3)15(13)10-11/h4-14H,1-3H3;4-10H,1-3H3. The molecule has 188 valence electrons. The summed E-state index contributed by atoms with van der Waals surface area (Å²) in [6.07, 6.45) is 0. The third-order valence-electron chi connectivity index (χ3n) is 8.71. The van der Waals surface area contributed by atoms with Gasteiger partial charge in [0.05, 0.1) is 0 Å². The monoisotopic (exact) mass is 492 g/mol. The van der Waals surface area contributed by atoms with Crippen LogP contribution in [0.1, 0.15) is 61.1 Å². The van der Waals surface area contributed by atoms with Crippen LogP contribution in [0.15, 0.2) is 109 Å². The zero-order valence-electron chi connectivity index (χ0n) is 23.4. The molecular weight excluding hydrogens is 456 g/mol. The summed E-state index contributed by atoms with van der Waals surface area (Å²) in [5.74, 6) is 0. The van der Waals surface area contributed by atoms with Gasteiger partial charge in [0.25, 0.3) is 0 Å². The summed E-state index contributed by atoms with van der Waals surface area (Å²) in [6.45, 7) is 13.6. The molecule has 0 nitrogen and oxygen atoms in total. The van der Waals surface area contributed by atoms with Gasteiger partial charge in [0.15, 0.2) is 0 Å². The van der Waals surface area contributed by atoms with Crippen LogP contribution in [0, 0.1) is 13.8 Å². The van der Waals surface area contributed by atoms with E-state index in [1.807, 2.05) is 0 Å². The number of hydrogen-bond acceptors (Lipinski definition) is 0. The maximum atomic E-state index is 2.33. The van der Waals surface area contributed by atoms with E-state index in [-0.39, 0.29) is 10.8 Å². The largest absolute Gasteiger partial charge is 0.0619 e. The summed E-state index contributed by atoms with van der Waals surface area (Å²) in [6, 6.07) is 40.0. The lowest BCUT2D eigenvalue weighted by atomic mass is 9.82. The van der Waals surface area contributed by atoms with E-state index in [4.69, 9.17) is 0 Å². The van der Waals surface area contributed by atoms with Crippen molar-refractivity contribution in [3.8, 4) is 33.4 Å². The Hall–Kier alpha value is -3.90. The minimum atomic E-state index is 0.0760. The molecule has 0 spiro atoms. The highest BCUT2D eigenvalue weighted by Crippen LogP contribution is 2.52. The zero-order valence-corrected chi connectivity index (χ0v) is 23.4. The van der Waals surface area contributed by atoms with Crippen LogP contribution >= 0.6 is 0 Å². The predicted octanol–water partition coefficient (Wildman–Crippen LogP) is 10.3. The van der Waals surface area contributed by atoms with Crippen molar-refractivity contribution in [2.24, 2.45) is 0 Å². The first-order valence-corrected chi connectivity index (χ1v) is 13.7. The Balaban J connectivity index is 0.000000146. The summed E-state index contributed by atoms with van der Waals surface area (Å²) in [4.78, 5) is 0. The van der Waals surface area contributed by atoms with E-state index in [2.05, 4.69) is 151 Å². The zero-order chi connectivity index (χ0) is 26.7. The Labute approximate surface area is 228 Å². The van der Waals surface area contributed by atoms with Gasteiger partial charge in [-0.05, 0) is 69.5 Å². The maximum absolute atomic E-state index is 2.33. The highest BCUT2D eigenvalue weighted by molar-refractivity contribution is 5.92. The molecule has 0 atom stereocenters. The SMILES string of the molecule is Cc1ccc(-c2cccc3c2-c2ccccc2C3(C)C)cc1.Cc1ccc2c(c1)C(C)(C)c1ccccc1-2. The third kappa shape index (κ3) is 3.74. The van der Waals surface area contributed by atoms with Crippen molar-refractivity contribution in [2.75, 3.05) is 0 Å². The molecule has 0 heterocycles. The van der Waals surface area contributed by atoms with Crippen LogP contribution in [0.25, 0.3) is 33.4 Å². The first-order valence-electron chi connectivity index (χ1n) is 13.7. The number of rotatable bonds is 1. The predicted molar refractivity (Wildman–Crippen MR) is 163 cm³/mol. The molecule has 0 heteroatoms. The average Bonchev–Trinajstić information content (AvgIpc) is 3.29. The fraction of sp³-hybridized carbons (Fsp3) is 0.211. The maximum Gasteiger partial charge on any atom is 0.0159 e. The van der Waals surface area contributed by atoms with Crippen LogP contribution in [0.3, 0.4) is 0 Å². The number of fused-ring (bicyclic) bond motifs is 6. The molecule has 7 rings (SSSR count). The molecule has 0 bridgehead atoms. The van der Waals surface area contributed by atoms with Gasteiger partial charge in [-0.3, -0.25) is 0 Å². The molecule has 0 unspecified atom stereocenters. The number of hydrogen-bond donors (Lipinski definition) is 0.